The van der Waals surface area contributed by atoms with Gasteiger partial charge in [-0.25, -0.2) is 4.39 Å². The average Bonchev–Trinajstić information content (AvgIpc) is 2.93. The molecule has 1 aromatic carbocycles. The summed E-state index contributed by atoms with van der Waals surface area (Å²) in [4.78, 5) is 7.32. The van der Waals surface area contributed by atoms with Crippen LogP contribution in [-0.4, -0.2) is 9.97 Å². The number of benzene rings is 1. The number of rotatable bonds is 4. The molecule has 102 valence electrons. The second-order valence-corrected chi connectivity index (χ2v) is 4.79. The Labute approximate surface area is 116 Å². The van der Waals surface area contributed by atoms with Crippen LogP contribution in [0.3, 0.4) is 0 Å². The van der Waals surface area contributed by atoms with Crippen LogP contribution in [0.5, 0.6) is 0 Å². The van der Waals surface area contributed by atoms with Crippen LogP contribution in [0.15, 0.2) is 48.8 Å². The Morgan fingerprint density at radius 3 is 2.90 bits per heavy atom. The fraction of sp³-hybridized carbons (Fsp3) is 0.188. The molecule has 3 rings (SSSR count). The zero-order valence-corrected chi connectivity index (χ0v) is 11.2. The third-order valence-corrected chi connectivity index (χ3v) is 3.41. The standard InChI is InChI=1S/C16H16FN3/c1-2-14(16-5-3-12(17)10-19-16)20-13-4-6-15-11(9-13)7-8-18-15/h3-10,14,18,20H,2H2,1H3. The number of hydrogen-bond acceptors (Lipinski definition) is 2. The zero-order chi connectivity index (χ0) is 13.9. The molecule has 2 heterocycles. The third kappa shape index (κ3) is 2.50. The molecule has 1 atom stereocenters. The molecule has 3 nitrogen and oxygen atoms in total. The maximum atomic E-state index is 12.9. The first-order valence-corrected chi connectivity index (χ1v) is 6.71. The number of nitrogens with zero attached hydrogens (tertiary/aromatic N) is 1. The molecule has 1 unspecified atom stereocenters. The highest BCUT2D eigenvalue weighted by Gasteiger charge is 2.11. The molecule has 4 heteroatoms. The molecule has 0 aliphatic carbocycles. The molecule has 2 N–H and O–H groups in total. The minimum absolute atomic E-state index is 0.0759. The van der Waals surface area contributed by atoms with E-state index in [1.165, 1.54) is 12.3 Å². The molecule has 0 spiro atoms. The van der Waals surface area contributed by atoms with E-state index >= 15 is 0 Å². The lowest BCUT2D eigenvalue weighted by atomic mass is 10.1. The summed E-state index contributed by atoms with van der Waals surface area (Å²) in [6.45, 7) is 2.08. The van der Waals surface area contributed by atoms with Crippen LogP contribution in [0.1, 0.15) is 25.1 Å². The summed E-state index contributed by atoms with van der Waals surface area (Å²) in [5.74, 6) is -0.308. The van der Waals surface area contributed by atoms with Gasteiger partial charge in [0, 0.05) is 22.8 Å². The first-order valence-electron chi connectivity index (χ1n) is 6.71. The second-order valence-electron chi connectivity index (χ2n) is 4.79. The average molecular weight is 269 g/mol. The Balaban J connectivity index is 1.84. The summed E-state index contributed by atoms with van der Waals surface area (Å²) in [6.07, 6.45) is 4.06. The van der Waals surface area contributed by atoms with E-state index < -0.39 is 0 Å². The summed E-state index contributed by atoms with van der Waals surface area (Å²) in [5, 5.41) is 4.61. The summed E-state index contributed by atoms with van der Waals surface area (Å²) in [5.41, 5.74) is 3.00. The van der Waals surface area contributed by atoms with Crippen molar-refractivity contribution in [3.63, 3.8) is 0 Å². The SMILES string of the molecule is CCC(Nc1ccc2[nH]ccc2c1)c1ccc(F)cn1. The molecule has 0 saturated heterocycles. The van der Waals surface area contributed by atoms with Gasteiger partial charge in [0.15, 0.2) is 0 Å². The zero-order valence-electron chi connectivity index (χ0n) is 11.2. The van der Waals surface area contributed by atoms with Crippen molar-refractivity contribution in [2.45, 2.75) is 19.4 Å². The lowest BCUT2D eigenvalue weighted by molar-refractivity contribution is 0.614. The van der Waals surface area contributed by atoms with Crippen molar-refractivity contribution in [1.29, 1.82) is 0 Å². The number of H-pyrrole nitrogens is 1. The molecule has 0 bridgehead atoms. The Morgan fingerprint density at radius 1 is 1.25 bits per heavy atom. The summed E-state index contributed by atoms with van der Waals surface area (Å²) >= 11 is 0. The minimum atomic E-state index is -0.308. The third-order valence-electron chi connectivity index (χ3n) is 3.41. The number of aromatic nitrogens is 2. The van der Waals surface area contributed by atoms with Crippen LogP contribution in [0.25, 0.3) is 10.9 Å². The van der Waals surface area contributed by atoms with E-state index in [9.17, 15) is 4.39 Å². The van der Waals surface area contributed by atoms with E-state index in [0.717, 1.165) is 28.7 Å². The Bertz CT molecular complexity index is 703. The first kappa shape index (κ1) is 12.7. The highest BCUT2D eigenvalue weighted by atomic mass is 19.1. The lowest BCUT2D eigenvalue weighted by Crippen LogP contribution is -2.11. The molecule has 0 saturated carbocycles. The fourth-order valence-corrected chi connectivity index (χ4v) is 2.32. The predicted molar refractivity (Wildman–Crippen MR) is 79.1 cm³/mol. The number of pyridine rings is 1. The smallest absolute Gasteiger partial charge is 0.141 e. The van der Waals surface area contributed by atoms with Gasteiger partial charge in [0.2, 0.25) is 0 Å². The van der Waals surface area contributed by atoms with Gasteiger partial charge in [0.25, 0.3) is 0 Å². The Morgan fingerprint density at radius 2 is 2.15 bits per heavy atom. The number of hydrogen-bond donors (Lipinski definition) is 2. The van der Waals surface area contributed by atoms with Gasteiger partial charge >= 0.3 is 0 Å². The molecular formula is C16H16FN3. The molecule has 3 aromatic rings. The molecule has 20 heavy (non-hydrogen) atoms. The van der Waals surface area contributed by atoms with Crippen molar-refractivity contribution in [2.24, 2.45) is 0 Å². The number of nitrogens with one attached hydrogen (secondary N) is 2. The number of halogens is 1. The normalized spacial score (nSPS) is 12.5. The first-order chi connectivity index (χ1) is 9.76. The van der Waals surface area contributed by atoms with E-state index in [0.29, 0.717) is 0 Å². The summed E-state index contributed by atoms with van der Waals surface area (Å²) < 4.78 is 12.9. The lowest BCUT2D eigenvalue weighted by Gasteiger charge is -2.17. The highest BCUT2D eigenvalue weighted by Crippen LogP contribution is 2.24. The minimum Gasteiger partial charge on any atom is -0.377 e. The van der Waals surface area contributed by atoms with Crippen molar-refractivity contribution in [3.8, 4) is 0 Å². The van der Waals surface area contributed by atoms with Gasteiger partial charge < -0.3 is 10.3 Å². The Hall–Kier alpha value is -2.36. The van der Waals surface area contributed by atoms with Crippen molar-refractivity contribution in [3.05, 3.63) is 60.3 Å². The molecule has 0 fully saturated rings. The number of fused-ring (bicyclic) bond motifs is 1. The van der Waals surface area contributed by atoms with Crippen LogP contribution in [0, 0.1) is 5.82 Å². The van der Waals surface area contributed by atoms with Crippen LogP contribution in [0.4, 0.5) is 10.1 Å². The van der Waals surface area contributed by atoms with E-state index in [1.807, 2.05) is 24.4 Å². The monoisotopic (exact) mass is 269 g/mol. The number of aromatic amines is 1. The maximum Gasteiger partial charge on any atom is 0.141 e. The van der Waals surface area contributed by atoms with Gasteiger partial charge in [0.05, 0.1) is 17.9 Å². The molecule has 0 aliphatic heterocycles. The topological polar surface area (TPSA) is 40.7 Å². The van der Waals surface area contributed by atoms with Crippen molar-refractivity contribution < 1.29 is 4.39 Å². The van der Waals surface area contributed by atoms with Gasteiger partial charge in [-0.1, -0.05) is 6.92 Å². The van der Waals surface area contributed by atoms with Crippen LogP contribution in [0.2, 0.25) is 0 Å². The van der Waals surface area contributed by atoms with Crippen LogP contribution >= 0.6 is 0 Å². The van der Waals surface area contributed by atoms with Crippen LogP contribution < -0.4 is 5.32 Å². The van der Waals surface area contributed by atoms with Crippen molar-refractivity contribution >= 4 is 16.6 Å². The quantitative estimate of drug-likeness (QED) is 0.742. The summed E-state index contributed by atoms with van der Waals surface area (Å²) in [6, 6.07) is 11.5. The molecule has 0 aliphatic rings. The van der Waals surface area contributed by atoms with Gasteiger partial charge in [-0.2, -0.15) is 0 Å². The Kier molecular flexibility index (Phi) is 3.37. The molecule has 2 aromatic heterocycles. The predicted octanol–water partition coefficient (Wildman–Crippen LogP) is 4.27. The molecular weight excluding hydrogens is 253 g/mol. The second kappa shape index (κ2) is 5.33. The fourth-order valence-electron chi connectivity index (χ4n) is 2.32. The van der Waals surface area contributed by atoms with Gasteiger partial charge in [0.1, 0.15) is 5.82 Å². The highest BCUT2D eigenvalue weighted by molar-refractivity contribution is 5.83. The number of anilines is 1. The van der Waals surface area contributed by atoms with Gasteiger partial charge in [-0.15, -0.1) is 0 Å². The summed E-state index contributed by atoms with van der Waals surface area (Å²) in [7, 11) is 0. The van der Waals surface area contributed by atoms with Crippen LogP contribution in [-0.2, 0) is 0 Å². The van der Waals surface area contributed by atoms with Gasteiger partial charge in [-0.05, 0) is 42.8 Å². The van der Waals surface area contributed by atoms with E-state index in [2.05, 4.69) is 28.3 Å². The molecule has 0 amide bonds. The largest absolute Gasteiger partial charge is 0.377 e. The van der Waals surface area contributed by atoms with Crippen molar-refractivity contribution in [1.82, 2.24) is 9.97 Å². The molecule has 0 radical (unpaired) electrons. The van der Waals surface area contributed by atoms with Crippen molar-refractivity contribution in [2.75, 3.05) is 5.32 Å². The van der Waals surface area contributed by atoms with E-state index in [1.54, 1.807) is 6.07 Å². The van der Waals surface area contributed by atoms with Gasteiger partial charge in [-0.3, -0.25) is 4.98 Å². The van der Waals surface area contributed by atoms with E-state index in [-0.39, 0.29) is 11.9 Å². The maximum absolute atomic E-state index is 12.9. The van der Waals surface area contributed by atoms with E-state index in [4.69, 9.17) is 0 Å².